The zero-order valence-corrected chi connectivity index (χ0v) is 17.2. The highest BCUT2D eigenvalue weighted by atomic mass is 32.1. The molecule has 6 nitrogen and oxygen atoms in total. The van der Waals surface area contributed by atoms with Crippen molar-refractivity contribution in [3.05, 3.63) is 46.5 Å². The van der Waals surface area contributed by atoms with Crippen LogP contribution in [0.1, 0.15) is 28.0 Å². The molecule has 0 aliphatic carbocycles. The van der Waals surface area contributed by atoms with Crippen molar-refractivity contribution in [3.63, 3.8) is 0 Å². The van der Waals surface area contributed by atoms with E-state index >= 15 is 0 Å². The molecule has 1 N–H and O–H groups in total. The van der Waals surface area contributed by atoms with Crippen LogP contribution in [0, 0.1) is 6.92 Å². The van der Waals surface area contributed by atoms with E-state index in [9.17, 15) is 22.8 Å². The normalized spacial score (nSPS) is 11.6. The van der Waals surface area contributed by atoms with E-state index in [-0.39, 0.29) is 12.1 Å². The van der Waals surface area contributed by atoms with Crippen molar-refractivity contribution in [1.29, 1.82) is 0 Å². The lowest BCUT2D eigenvalue weighted by molar-refractivity contribution is -0.137. The van der Waals surface area contributed by atoms with Gasteiger partial charge >= 0.3 is 6.18 Å². The van der Waals surface area contributed by atoms with Gasteiger partial charge in [-0.2, -0.15) is 13.2 Å². The number of hydrogen-bond acceptors (Lipinski definition) is 5. The minimum absolute atomic E-state index is 0.0979. The molecule has 158 valence electrons. The molecule has 0 atom stereocenters. The van der Waals surface area contributed by atoms with Crippen LogP contribution < -0.4 is 5.32 Å². The Morgan fingerprint density at radius 3 is 2.31 bits per heavy atom. The lowest BCUT2D eigenvalue weighted by atomic mass is 10.1. The van der Waals surface area contributed by atoms with Gasteiger partial charge in [0.15, 0.2) is 5.13 Å². The number of benzene rings is 1. The summed E-state index contributed by atoms with van der Waals surface area (Å²) in [4.78, 5) is 32.6. The molecule has 1 aromatic heterocycles. The summed E-state index contributed by atoms with van der Waals surface area (Å²) in [7, 11) is 3.78. The van der Waals surface area contributed by atoms with Crippen molar-refractivity contribution in [1.82, 2.24) is 14.8 Å². The topological polar surface area (TPSA) is 65.5 Å². The Morgan fingerprint density at radius 1 is 1.14 bits per heavy atom. The van der Waals surface area contributed by atoms with Crippen LogP contribution >= 0.6 is 11.3 Å². The highest BCUT2D eigenvalue weighted by Crippen LogP contribution is 2.29. The summed E-state index contributed by atoms with van der Waals surface area (Å²) >= 11 is 1.28. The van der Waals surface area contributed by atoms with Gasteiger partial charge in [-0.15, -0.1) is 11.3 Å². The molecule has 1 aromatic carbocycles. The van der Waals surface area contributed by atoms with Crippen molar-refractivity contribution < 1.29 is 22.8 Å². The number of halogens is 3. The first kappa shape index (κ1) is 22.8. The molecule has 2 rings (SSSR count). The highest BCUT2D eigenvalue weighted by molar-refractivity contribution is 7.13. The molecule has 0 saturated heterocycles. The number of nitrogens with one attached hydrogen (secondary N) is 1. The molecule has 0 radical (unpaired) electrons. The van der Waals surface area contributed by atoms with Crippen LogP contribution in [0.2, 0.25) is 0 Å². The van der Waals surface area contributed by atoms with Crippen molar-refractivity contribution in [2.75, 3.05) is 39.0 Å². The molecule has 2 amide bonds. The molecule has 0 saturated carbocycles. The molecular formula is C19H23F3N4O2S. The van der Waals surface area contributed by atoms with Crippen LogP contribution in [-0.4, -0.2) is 60.3 Å². The van der Waals surface area contributed by atoms with E-state index in [0.717, 1.165) is 30.0 Å². The molecule has 0 unspecified atom stereocenters. The molecule has 0 fully saturated rings. The highest BCUT2D eigenvalue weighted by Gasteiger charge is 2.30. The van der Waals surface area contributed by atoms with Gasteiger partial charge in [-0.1, -0.05) is 0 Å². The second-order valence-electron chi connectivity index (χ2n) is 6.80. The number of anilines is 1. The average Bonchev–Trinajstić information content (AvgIpc) is 3.04. The van der Waals surface area contributed by atoms with Crippen LogP contribution in [0.25, 0.3) is 0 Å². The van der Waals surface area contributed by atoms with Crippen molar-refractivity contribution >= 4 is 28.3 Å². The van der Waals surface area contributed by atoms with E-state index < -0.39 is 23.6 Å². The summed E-state index contributed by atoms with van der Waals surface area (Å²) < 4.78 is 38.2. The molecule has 29 heavy (non-hydrogen) atoms. The summed E-state index contributed by atoms with van der Waals surface area (Å²) in [6.45, 7) is 2.58. The summed E-state index contributed by atoms with van der Waals surface area (Å²) in [5, 5.41) is 4.87. The van der Waals surface area contributed by atoms with Crippen LogP contribution in [0.3, 0.4) is 0 Å². The Morgan fingerprint density at radius 2 is 1.79 bits per heavy atom. The number of carbonyl (C=O) groups is 2. The van der Waals surface area contributed by atoms with E-state index in [2.05, 4.69) is 10.3 Å². The summed E-state index contributed by atoms with van der Waals surface area (Å²) in [6.07, 6.45) is -3.86. The second-order valence-corrected chi connectivity index (χ2v) is 7.66. The fraction of sp³-hybridized carbons (Fsp3) is 0.421. The van der Waals surface area contributed by atoms with E-state index in [1.165, 1.54) is 16.2 Å². The third kappa shape index (κ3) is 7.13. The van der Waals surface area contributed by atoms with Gasteiger partial charge in [0.1, 0.15) is 6.54 Å². The number of carbonyl (C=O) groups excluding carboxylic acids is 2. The number of hydrogen-bond donors (Lipinski definition) is 1. The van der Waals surface area contributed by atoms with Gasteiger partial charge < -0.3 is 15.1 Å². The van der Waals surface area contributed by atoms with Gasteiger partial charge in [-0.3, -0.25) is 9.59 Å². The van der Waals surface area contributed by atoms with E-state index in [1.54, 1.807) is 12.3 Å². The van der Waals surface area contributed by atoms with E-state index in [4.69, 9.17) is 0 Å². The zero-order chi connectivity index (χ0) is 21.6. The maximum Gasteiger partial charge on any atom is 0.416 e. The quantitative estimate of drug-likeness (QED) is 0.699. The van der Waals surface area contributed by atoms with Gasteiger partial charge in [-0.05, 0) is 58.3 Å². The third-order valence-electron chi connectivity index (χ3n) is 3.98. The first-order chi connectivity index (χ1) is 13.6. The Labute approximate surface area is 171 Å². The Kier molecular flexibility index (Phi) is 7.74. The van der Waals surface area contributed by atoms with Gasteiger partial charge in [-0.25, -0.2) is 4.98 Å². The van der Waals surface area contributed by atoms with E-state index in [1.807, 2.05) is 19.0 Å². The number of nitrogens with zero attached hydrogens (tertiary/aromatic N) is 3. The lowest BCUT2D eigenvalue weighted by Gasteiger charge is -2.23. The predicted octanol–water partition coefficient (Wildman–Crippen LogP) is 3.50. The largest absolute Gasteiger partial charge is 0.416 e. The lowest BCUT2D eigenvalue weighted by Crippen LogP contribution is -2.39. The van der Waals surface area contributed by atoms with Crippen LogP contribution in [0.5, 0.6) is 0 Å². The standard InChI is InChI=1S/C19H23F3N4O2S/c1-13-12-29-18(23-13)24-16(27)11-26(10-4-9-25(2)3)17(28)14-5-7-15(8-6-14)19(20,21)22/h5-8,12H,4,9-11H2,1-3H3,(H,23,24,27). The summed E-state index contributed by atoms with van der Waals surface area (Å²) in [5.74, 6) is -0.910. The van der Waals surface area contributed by atoms with Crippen LogP contribution in [-0.2, 0) is 11.0 Å². The van der Waals surface area contributed by atoms with Gasteiger partial charge in [0, 0.05) is 17.5 Å². The first-order valence-electron chi connectivity index (χ1n) is 8.89. The predicted molar refractivity (Wildman–Crippen MR) is 106 cm³/mol. The van der Waals surface area contributed by atoms with Gasteiger partial charge in [0.05, 0.1) is 11.3 Å². The van der Waals surface area contributed by atoms with Crippen LogP contribution in [0.15, 0.2) is 29.6 Å². The summed E-state index contributed by atoms with van der Waals surface area (Å²) in [5.41, 5.74) is 0.0415. The third-order valence-corrected chi connectivity index (χ3v) is 4.86. The van der Waals surface area contributed by atoms with Crippen molar-refractivity contribution in [3.8, 4) is 0 Å². The fourth-order valence-electron chi connectivity index (χ4n) is 2.56. The number of aryl methyl sites for hydroxylation is 1. The van der Waals surface area contributed by atoms with Gasteiger partial charge in [0.2, 0.25) is 5.91 Å². The molecule has 0 bridgehead atoms. The minimum atomic E-state index is -4.47. The molecule has 0 aliphatic heterocycles. The maximum atomic E-state index is 12.8. The number of thiazole rings is 1. The van der Waals surface area contributed by atoms with Crippen molar-refractivity contribution in [2.45, 2.75) is 19.5 Å². The van der Waals surface area contributed by atoms with Gasteiger partial charge in [0.25, 0.3) is 5.91 Å². The summed E-state index contributed by atoms with van der Waals surface area (Å²) in [6, 6.07) is 3.99. The molecular weight excluding hydrogens is 405 g/mol. The molecule has 0 aliphatic rings. The van der Waals surface area contributed by atoms with E-state index in [0.29, 0.717) is 24.6 Å². The molecule has 10 heteroatoms. The monoisotopic (exact) mass is 428 g/mol. The smallest absolute Gasteiger partial charge is 0.329 e. The molecule has 0 spiro atoms. The Hall–Kier alpha value is -2.46. The fourth-order valence-corrected chi connectivity index (χ4v) is 3.26. The van der Waals surface area contributed by atoms with Crippen molar-refractivity contribution in [2.24, 2.45) is 0 Å². The SMILES string of the molecule is Cc1csc(NC(=O)CN(CCCN(C)C)C(=O)c2ccc(C(F)(F)F)cc2)n1. The minimum Gasteiger partial charge on any atom is -0.329 e. The second kappa shape index (κ2) is 9.84. The number of aromatic nitrogens is 1. The Bertz CT molecular complexity index is 835. The number of alkyl halides is 3. The van der Waals surface area contributed by atoms with Crippen LogP contribution in [0.4, 0.5) is 18.3 Å². The first-order valence-corrected chi connectivity index (χ1v) is 9.77. The molecule has 2 aromatic rings. The Balaban J connectivity index is 2.10. The number of rotatable bonds is 8. The maximum absolute atomic E-state index is 12.8. The number of amides is 2. The zero-order valence-electron chi connectivity index (χ0n) is 16.4. The molecule has 1 heterocycles. The average molecular weight is 428 g/mol.